The topological polar surface area (TPSA) is 94.8 Å². The van der Waals surface area contributed by atoms with Crippen LogP contribution >= 0.6 is 0 Å². The molecule has 1 amide bonds. The van der Waals surface area contributed by atoms with Crippen LogP contribution in [0.25, 0.3) is 16.6 Å². The van der Waals surface area contributed by atoms with E-state index in [0.29, 0.717) is 11.4 Å². The molecule has 0 aliphatic heterocycles. The lowest BCUT2D eigenvalue weighted by Gasteiger charge is -2.09. The fourth-order valence-electron chi connectivity index (χ4n) is 2.51. The van der Waals surface area contributed by atoms with Crippen LogP contribution in [0.15, 0.2) is 67.1 Å². The first kappa shape index (κ1) is 15.7. The number of hydrogen-bond acceptors (Lipinski definition) is 6. The van der Waals surface area contributed by atoms with Gasteiger partial charge in [0.1, 0.15) is 12.1 Å². The number of carbonyl (C=O) groups excluding carboxylic acids is 1. The Morgan fingerprint density at radius 1 is 1.08 bits per heavy atom. The number of anilines is 1. The van der Waals surface area contributed by atoms with Crippen molar-refractivity contribution in [3.63, 3.8) is 0 Å². The van der Waals surface area contributed by atoms with Crippen LogP contribution in [0.2, 0.25) is 0 Å². The molecule has 1 N–H and O–H groups in total. The number of hydrogen-bond donors (Lipinski definition) is 1. The summed E-state index contributed by atoms with van der Waals surface area (Å²) < 4.78 is 7.06. The predicted molar refractivity (Wildman–Crippen MR) is 95.0 cm³/mol. The smallest absolute Gasteiger partial charge is 0.262 e. The van der Waals surface area contributed by atoms with Crippen molar-refractivity contribution in [1.29, 1.82) is 0 Å². The van der Waals surface area contributed by atoms with Crippen molar-refractivity contribution in [3.05, 3.63) is 67.1 Å². The van der Waals surface area contributed by atoms with Gasteiger partial charge in [-0.2, -0.15) is 0 Å². The van der Waals surface area contributed by atoms with E-state index in [-0.39, 0.29) is 12.5 Å². The van der Waals surface area contributed by atoms with Crippen molar-refractivity contribution in [3.8, 4) is 11.4 Å². The lowest BCUT2D eigenvalue weighted by atomic mass is 10.2. The molecule has 2 heterocycles. The van der Waals surface area contributed by atoms with Gasteiger partial charge in [-0.1, -0.05) is 18.2 Å². The van der Waals surface area contributed by atoms with Gasteiger partial charge in [0.05, 0.1) is 16.9 Å². The van der Waals surface area contributed by atoms with Gasteiger partial charge in [0.2, 0.25) is 0 Å². The number of ether oxygens (including phenoxy) is 1. The third-order valence-corrected chi connectivity index (χ3v) is 3.73. The molecule has 0 unspecified atom stereocenters. The summed E-state index contributed by atoms with van der Waals surface area (Å²) >= 11 is 0. The van der Waals surface area contributed by atoms with Crippen LogP contribution in [-0.2, 0) is 4.79 Å². The number of amides is 1. The van der Waals surface area contributed by atoms with E-state index in [4.69, 9.17) is 4.74 Å². The van der Waals surface area contributed by atoms with Crippen LogP contribution < -0.4 is 10.1 Å². The molecule has 8 heteroatoms. The monoisotopic (exact) mass is 346 g/mol. The highest BCUT2D eigenvalue weighted by Crippen LogP contribution is 2.20. The molecule has 0 saturated carbocycles. The lowest BCUT2D eigenvalue weighted by Crippen LogP contribution is -2.20. The highest BCUT2D eigenvalue weighted by molar-refractivity contribution is 6.00. The molecule has 128 valence electrons. The fourth-order valence-corrected chi connectivity index (χ4v) is 2.51. The second-order valence-electron chi connectivity index (χ2n) is 5.47. The first-order chi connectivity index (χ1) is 12.8. The summed E-state index contributed by atoms with van der Waals surface area (Å²) in [5.74, 6) is 0.320. The average Bonchev–Trinajstić information content (AvgIpc) is 3.22. The van der Waals surface area contributed by atoms with E-state index in [1.54, 1.807) is 30.5 Å². The van der Waals surface area contributed by atoms with E-state index in [0.717, 1.165) is 16.6 Å². The summed E-state index contributed by atoms with van der Waals surface area (Å²) in [4.78, 5) is 16.5. The highest BCUT2D eigenvalue weighted by Gasteiger charge is 2.08. The van der Waals surface area contributed by atoms with E-state index in [9.17, 15) is 4.79 Å². The van der Waals surface area contributed by atoms with Gasteiger partial charge in [-0.25, -0.2) is 4.68 Å². The highest BCUT2D eigenvalue weighted by atomic mass is 16.5. The number of benzene rings is 2. The molecule has 2 aromatic carbocycles. The van der Waals surface area contributed by atoms with Gasteiger partial charge in [0, 0.05) is 11.6 Å². The Morgan fingerprint density at radius 2 is 1.92 bits per heavy atom. The normalized spacial score (nSPS) is 10.6. The third kappa shape index (κ3) is 3.34. The summed E-state index contributed by atoms with van der Waals surface area (Å²) in [5.41, 5.74) is 2.20. The van der Waals surface area contributed by atoms with Crippen molar-refractivity contribution < 1.29 is 9.53 Å². The molecule has 0 spiro atoms. The molecule has 8 nitrogen and oxygen atoms in total. The first-order valence-corrected chi connectivity index (χ1v) is 7.89. The minimum atomic E-state index is -0.257. The zero-order chi connectivity index (χ0) is 17.8. The van der Waals surface area contributed by atoms with Crippen molar-refractivity contribution in [1.82, 2.24) is 25.2 Å². The van der Waals surface area contributed by atoms with E-state index in [2.05, 4.69) is 25.8 Å². The van der Waals surface area contributed by atoms with Gasteiger partial charge in [-0.05, 0) is 46.8 Å². The second-order valence-corrected chi connectivity index (χ2v) is 5.47. The minimum absolute atomic E-state index is 0.104. The number of nitrogens with one attached hydrogen (secondary N) is 1. The van der Waals surface area contributed by atoms with Crippen molar-refractivity contribution in [2.45, 2.75) is 0 Å². The molecule has 0 fully saturated rings. The Balaban J connectivity index is 1.39. The van der Waals surface area contributed by atoms with Crippen LogP contribution in [0.3, 0.4) is 0 Å². The van der Waals surface area contributed by atoms with Gasteiger partial charge in [0.15, 0.2) is 6.61 Å². The molecule has 0 aliphatic rings. The van der Waals surface area contributed by atoms with Crippen molar-refractivity contribution in [2.24, 2.45) is 0 Å². The third-order valence-electron chi connectivity index (χ3n) is 3.73. The number of nitrogens with zero attached hydrogens (tertiary/aromatic N) is 5. The van der Waals surface area contributed by atoms with Gasteiger partial charge in [0.25, 0.3) is 5.91 Å². The van der Waals surface area contributed by atoms with E-state index in [1.165, 1.54) is 11.0 Å². The van der Waals surface area contributed by atoms with E-state index in [1.807, 2.05) is 30.3 Å². The number of fused-ring (bicyclic) bond motifs is 1. The van der Waals surface area contributed by atoms with Crippen molar-refractivity contribution in [2.75, 3.05) is 11.9 Å². The molecular formula is C18H14N6O2. The molecule has 0 atom stereocenters. The molecular weight excluding hydrogens is 332 g/mol. The molecule has 4 aromatic rings. The van der Waals surface area contributed by atoms with Gasteiger partial charge in [-0.15, -0.1) is 5.10 Å². The lowest BCUT2D eigenvalue weighted by molar-refractivity contribution is -0.118. The number of tetrazole rings is 1. The summed E-state index contributed by atoms with van der Waals surface area (Å²) in [6, 6.07) is 16.5. The van der Waals surface area contributed by atoms with Gasteiger partial charge in [-0.3, -0.25) is 9.78 Å². The quantitative estimate of drug-likeness (QED) is 0.595. The zero-order valence-corrected chi connectivity index (χ0v) is 13.6. The Labute approximate surface area is 148 Å². The summed E-state index contributed by atoms with van der Waals surface area (Å²) in [5, 5.41) is 14.8. The molecule has 0 aliphatic carbocycles. The maximum absolute atomic E-state index is 12.2. The predicted octanol–water partition coefficient (Wildman–Crippen LogP) is 2.23. The summed E-state index contributed by atoms with van der Waals surface area (Å²) in [6.45, 7) is -0.104. The molecule has 0 radical (unpaired) electrons. The van der Waals surface area contributed by atoms with Crippen LogP contribution in [-0.4, -0.2) is 37.7 Å². The molecule has 26 heavy (non-hydrogen) atoms. The Hall–Kier alpha value is -3.81. The fraction of sp³-hybridized carbons (Fsp3) is 0.0556. The number of aromatic nitrogens is 5. The number of pyridine rings is 1. The Morgan fingerprint density at radius 3 is 2.73 bits per heavy atom. The molecule has 2 aromatic heterocycles. The van der Waals surface area contributed by atoms with Crippen LogP contribution in [0, 0.1) is 0 Å². The maximum atomic E-state index is 12.2. The molecule has 4 rings (SSSR count). The number of rotatable bonds is 5. The van der Waals surface area contributed by atoms with Crippen molar-refractivity contribution >= 4 is 22.5 Å². The van der Waals surface area contributed by atoms with Crippen LogP contribution in [0.5, 0.6) is 5.75 Å². The Bertz CT molecular complexity index is 1030. The van der Waals surface area contributed by atoms with E-state index < -0.39 is 0 Å². The largest absolute Gasteiger partial charge is 0.484 e. The summed E-state index contributed by atoms with van der Waals surface area (Å²) in [7, 11) is 0. The summed E-state index contributed by atoms with van der Waals surface area (Å²) in [6.07, 6.45) is 3.20. The van der Waals surface area contributed by atoms with E-state index >= 15 is 0 Å². The number of para-hydroxylation sites is 1. The van der Waals surface area contributed by atoms with Gasteiger partial charge < -0.3 is 10.1 Å². The molecule has 0 bridgehead atoms. The standard InChI is InChI=1S/C18H14N6O2/c25-17(21-16-5-1-3-13-4-2-10-19-18(13)16)11-26-15-8-6-14(7-9-15)24-12-20-22-23-24/h1-10,12H,11H2,(H,21,25). The average molecular weight is 346 g/mol. The first-order valence-electron chi connectivity index (χ1n) is 7.89. The van der Waals surface area contributed by atoms with Gasteiger partial charge >= 0.3 is 0 Å². The number of carbonyl (C=O) groups is 1. The minimum Gasteiger partial charge on any atom is -0.484 e. The Kier molecular flexibility index (Phi) is 4.21. The SMILES string of the molecule is O=C(COc1ccc(-n2cnnn2)cc1)Nc1cccc2cccnc12. The van der Waals surface area contributed by atoms with Crippen LogP contribution in [0.4, 0.5) is 5.69 Å². The molecule has 0 saturated heterocycles. The zero-order valence-electron chi connectivity index (χ0n) is 13.6. The maximum Gasteiger partial charge on any atom is 0.262 e. The second kappa shape index (κ2) is 6.98. The van der Waals surface area contributed by atoms with Crippen LogP contribution in [0.1, 0.15) is 0 Å².